The largest absolute Gasteiger partial charge is 0.488 e. The minimum atomic E-state index is -4.94. The maximum absolute atomic E-state index is 12.3. The molecule has 78 valence electrons. The van der Waals surface area contributed by atoms with Crippen molar-refractivity contribution >= 4 is 10.5 Å². The van der Waals surface area contributed by atoms with Crippen LogP contribution in [0.3, 0.4) is 0 Å². The second-order valence-electron chi connectivity index (χ2n) is 3.20. The third-order valence-electron chi connectivity index (χ3n) is 1.79. The van der Waals surface area contributed by atoms with Crippen LogP contribution in [0.1, 0.15) is 16.7 Å². The van der Waals surface area contributed by atoms with Crippen molar-refractivity contribution in [2.75, 3.05) is 0 Å². The van der Waals surface area contributed by atoms with Crippen LogP contribution in [-0.4, -0.2) is 8.42 Å². The molecule has 0 radical (unpaired) electrons. The van der Waals surface area contributed by atoms with Crippen molar-refractivity contribution in [2.45, 2.75) is 20.8 Å². The Labute approximate surface area is 82.9 Å². The van der Waals surface area contributed by atoms with E-state index in [0.29, 0.717) is 11.1 Å². The molecule has 0 aromatic heterocycles. The standard InChI is InChI=1S/C9H11FO3S/c1-6-4-7(2)9(8(3)5-6)13-14(10,11)12/h4-5H,1-3H3. The Kier molecular flexibility index (Phi) is 2.80. The Morgan fingerprint density at radius 3 is 1.93 bits per heavy atom. The van der Waals surface area contributed by atoms with Crippen LogP contribution >= 0.6 is 0 Å². The van der Waals surface area contributed by atoms with Gasteiger partial charge < -0.3 is 4.18 Å². The summed E-state index contributed by atoms with van der Waals surface area (Å²) in [6.07, 6.45) is 0. The Bertz CT molecular complexity index is 428. The van der Waals surface area contributed by atoms with Gasteiger partial charge >= 0.3 is 10.5 Å². The van der Waals surface area contributed by atoms with Gasteiger partial charge in [-0.2, -0.15) is 8.42 Å². The highest BCUT2D eigenvalue weighted by Gasteiger charge is 2.14. The second-order valence-corrected chi connectivity index (χ2v) is 4.16. The summed E-state index contributed by atoms with van der Waals surface area (Å²) in [4.78, 5) is 0. The fourth-order valence-corrected chi connectivity index (χ4v) is 1.86. The zero-order valence-corrected chi connectivity index (χ0v) is 8.98. The quantitative estimate of drug-likeness (QED) is 0.715. The summed E-state index contributed by atoms with van der Waals surface area (Å²) in [7, 11) is -4.94. The van der Waals surface area contributed by atoms with Crippen molar-refractivity contribution in [3.8, 4) is 5.75 Å². The van der Waals surface area contributed by atoms with Crippen LogP contribution in [0.4, 0.5) is 3.89 Å². The van der Waals surface area contributed by atoms with E-state index in [1.807, 2.05) is 6.92 Å². The first kappa shape index (κ1) is 11.0. The van der Waals surface area contributed by atoms with Crippen LogP contribution in [0.25, 0.3) is 0 Å². The van der Waals surface area contributed by atoms with E-state index in [-0.39, 0.29) is 5.75 Å². The molecular weight excluding hydrogens is 207 g/mol. The molecular formula is C9H11FO3S. The van der Waals surface area contributed by atoms with E-state index in [4.69, 9.17) is 0 Å². The molecule has 3 nitrogen and oxygen atoms in total. The zero-order valence-electron chi connectivity index (χ0n) is 8.17. The van der Waals surface area contributed by atoms with Gasteiger partial charge in [0.25, 0.3) is 0 Å². The maximum Gasteiger partial charge on any atom is 0.488 e. The average Bonchev–Trinajstić information content (AvgIpc) is 1.95. The van der Waals surface area contributed by atoms with E-state index < -0.39 is 10.5 Å². The van der Waals surface area contributed by atoms with Gasteiger partial charge in [0.1, 0.15) is 0 Å². The molecule has 0 N–H and O–H groups in total. The lowest BCUT2D eigenvalue weighted by atomic mass is 10.1. The molecule has 5 heteroatoms. The van der Waals surface area contributed by atoms with Crippen molar-refractivity contribution in [2.24, 2.45) is 0 Å². The highest BCUT2D eigenvalue weighted by molar-refractivity contribution is 7.81. The van der Waals surface area contributed by atoms with Crippen LogP contribution in [0.2, 0.25) is 0 Å². The molecule has 14 heavy (non-hydrogen) atoms. The van der Waals surface area contributed by atoms with E-state index in [2.05, 4.69) is 4.18 Å². The monoisotopic (exact) mass is 218 g/mol. The molecule has 0 fully saturated rings. The number of rotatable bonds is 2. The van der Waals surface area contributed by atoms with Gasteiger partial charge in [0.15, 0.2) is 5.75 Å². The summed E-state index contributed by atoms with van der Waals surface area (Å²) in [6.45, 7) is 5.20. The lowest BCUT2D eigenvalue weighted by Crippen LogP contribution is -2.04. The Balaban J connectivity index is 3.22. The lowest BCUT2D eigenvalue weighted by Gasteiger charge is -2.08. The first-order chi connectivity index (χ1) is 6.29. The highest BCUT2D eigenvalue weighted by Crippen LogP contribution is 2.26. The van der Waals surface area contributed by atoms with Crippen LogP contribution < -0.4 is 4.18 Å². The molecule has 0 aliphatic rings. The van der Waals surface area contributed by atoms with Crippen molar-refractivity contribution in [1.82, 2.24) is 0 Å². The van der Waals surface area contributed by atoms with Crippen molar-refractivity contribution in [3.63, 3.8) is 0 Å². The van der Waals surface area contributed by atoms with Crippen molar-refractivity contribution in [1.29, 1.82) is 0 Å². The van der Waals surface area contributed by atoms with E-state index in [0.717, 1.165) is 5.56 Å². The van der Waals surface area contributed by atoms with Crippen LogP contribution in [0.15, 0.2) is 12.1 Å². The minimum absolute atomic E-state index is 0.0677. The number of halogens is 1. The summed E-state index contributed by atoms with van der Waals surface area (Å²) >= 11 is 0. The topological polar surface area (TPSA) is 43.4 Å². The van der Waals surface area contributed by atoms with Gasteiger partial charge in [-0.3, -0.25) is 0 Å². The van der Waals surface area contributed by atoms with E-state index >= 15 is 0 Å². The molecule has 0 saturated heterocycles. The first-order valence-corrected chi connectivity index (χ1v) is 5.32. The van der Waals surface area contributed by atoms with Gasteiger partial charge in [-0.15, -0.1) is 0 Å². The molecule has 0 aliphatic heterocycles. The second kappa shape index (κ2) is 3.57. The lowest BCUT2D eigenvalue weighted by molar-refractivity contribution is 0.437. The number of aryl methyl sites for hydroxylation is 3. The number of benzene rings is 1. The normalized spacial score (nSPS) is 11.4. The molecule has 0 amide bonds. The predicted molar refractivity (Wildman–Crippen MR) is 51.3 cm³/mol. The Morgan fingerprint density at radius 2 is 1.57 bits per heavy atom. The Hall–Kier alpha value is -1.10. The Morgan fingerprint density at radius 1 is 1.14 bits per heavy atom. The smallest absolute Gasteiger partial charge is 0.358 e. The molecule has 1 rings (SSSR count). The van der Waals surface area contributed by atoms with Gasteiger partial charge in [0.2, 0.25) is 0 Å². The molecule has 0 atom stereocenters. The first-order valence-electron chi connectivity index (χ1n) is 4.01. The van der Waals surface area contributed by atoms with Gasteiger partial charge in [0.05, 0.1) is 0 Å². The number of hydrogen-bond acceptors (Lipinski definition) is 3. The summed E-state index contributed by atoms with van der Waals surface area (Å²) in [5.74, 6) is 0.0677. The van der Waals surface area contributed by atoms with Crippen molar-refractivity contribution in [3.05, 3.63) is 28.8 Å². The summed E-state index contributed by atoms with van der Waals surface area (Å²) in [5.41, 5.74) is 2.18. The minimum Gasteiger partial charge on any atom is -0.358 e. The molecule has 0 saturated carbocycles. The molecule has 0 heterocycles. The predicted octanol–water partition coefficient (Wildman–Crippen LogP) is 2.20. The van der Waals surface area contributed by atoms with Gasteiger partial charge in [-0.05, 0) is 31.9 Å². The number of hydrogen-bond donors (Lipinski definition) is 0. The van der Waals surface area contributed by atoms with E-state index in [9.17, 15) is 12.3 Å². The molecule has 0 spiro atoms. The third-order valence-corrected chi connectivity index (χ3v) is 2.15. The zero-order chi connectivity index (χ0) is 10.9. The van der Waals surface area contributed by atoms with Gasteiger partial charge in [-0.25, -0.2) is 0 Å². The third kappa shape index (κ3) is 2.70. The van der Waals surface area contributed by atoms with Crippen molar-refractivity contribution < 1.29 is 16.5 Å². The summed E-state index contributed by atoms with van der Waals surface area (Å²) in [5, 5.41) is 0. The SMILES string of the molecule is Cc1cc(C)c(OS(=O)(=O)F)c(C)c1. The van der Waals surface area contributed by atoms with E-state index in [1.54, 1.807) is 26.0 Å². The van der Waals surface area contributed by atoms with E-state index in [1.165, 1.54) is 0 Å². The maximum atomic E-state index is 12.3. The molecule has 1 aromatic rings. The average molecular weight is 218 g/mol. The molecule has 0 unspecified atom stereocenters. The summed E-state index contributed by atoms with van der Waals surface area (Å²) in [6, 6.07) is 3.46. The van der Waals surface area contributed by atoms with Crippen LogP contribution in [0.5, 0.6) is 5.75 Å². The van der Waals surface area contributed by atoms with Gasteiger partial charge in [0, 0.05) is 0 Å². The molecule has 1 aromatic carbocycles. The fraction of sp³-hybridized carbons (Fsp3) is 0.333. The molecule has 0 aliphatic carbocycles. The molecule has 0 bridgehead atoms. The fourth-order valence-electron chi connectivity index (χ4n) is 1.40. The van der Waals surface area contributed by atoms with Crippen LogP contribution in [0, 0.1) is 20.8 Å². The summed E-state index contributed by atoms with van der Waals surface area (Å²) < 4.78 is 37.1. The van der Waals surface area contributed by atoms with Gasteiger partial charge in [-0.1, -0.05) is 21.6 Å². The van der Waals surface area contributed by atoms with Crippen LogP contribution in [-0.2, 0) is 10.5 Å². The highest BCUT2D eigenvalue weighted by atomic mass is 32.3.